The van der Waals surface area contributed by atoms with Crippen LogP contribution in [0.1, 0.15) is 13.3 Å². The molecule has 0 rings (SSSR count). The van der Waals surface area contributed by atoms with E-state index in [2.05, 4.69) is 5.32 Å². The molecule has 0 fully saturated rings. The van der Waals surface area contributed by atoms with E-state index in [1.54, 1.807) is 7.11 Å². The number of carbonyl (C=O) groups excluding carboxylic acids is 2. The summed E-state index contributed by atoms with van der Waals surface area (Å²) in [6.45, 7) is 2.84. The third kappa shape index (κ3) is 7.19. The minimum Gasteiger partial charge on any atom is -0.395 e. The first-order valence-electron chi connectivity index (χ1n) is 5.23. The maximum absolute atomic E-state index is 11.6. The van der Waals surface area contributed by atoms with Crippen molar-refractivity contribution < 1.29 is 19.4 Å². The molecule has 0 bridgehead atoms. The van der Waals surface area contributed by atoms with Crippen LogP contribution in [-0.4, -0.2) is 61.8 Å². The number of amides is 2. The second-order valence-electron chi connectivity index (χ2n) is 3.33. The van der Waals surface area contributed by atoms with E-state index in [0.717, 1.165) is 0 Å². The minimum atomic E-state index is -0.154. The number of hydrogen-bond donors (Lipinski definition) is 2. The smallest absolute Gasteiger partial charge is 0.224 e. The Morgan fingerprint density at radius 1 is 1.38 bits per heavy atom. The van der Waals surface area contributed by atoms with Crippen molar-refractivity contribution in [1.82, 2.24) is 10.2 Å². The number of rotatable bonds is 8. The lowest BCUT2D eigenvalue weighted by molar-refractivity contribution is -0.132. The van der Waals surface area contributed by atoms with Crippen LogP contribution in [0.3, 0.4) is 0 Å². The predicted molar refractivity (Wildman–Crippen MR) is 58.8 cm³/mol. The Labute approximate surface area is 95.6 Å². The van der Waals surface area contributed by atoms with Crippen molar-refractivity contribution >= 4 is 11.8 Å². The highest BCUT2D eigenvalue weighted by Gasteiger charge is 2.12. The first-order chi connectivity index (χ1) is 7.61. The lowest BCUT2D eigenvalue weighted by Crippen LogP contribution is -2.38. The van der Waals surface area contributed by atoms with Gasteiger partial charge in [-0.2, -0.15) is 0 Å². The fraction of sp³-hybridized carbons (Fsp3) is 0.800. The van der Waals surface area contributed by atoms with E-state index < -0.39 is 0 Å². The Balaban J connectivity index is 3.90. The summed E-state index contributed by atoms with van der Waals surface area (Å²) in [4.78, 5) is 23.7. The topological polar surface area (TPSA) is 78.9 Å². The van der Waals surface area contributed by atoms with E-state index in [9.17, 15) is 9.59 Å². The number of methoxy groups -OCH3 is 1. The molecule has 0 heterocycles. The monoisotopic (exact) mass is 232 g/mol. The zero-order chi connectivity index (χ0) is 12.4. The molecule has 2 amide bonds. The average molecular weight is 232 g/mol. The Kier molecular flexibility index (Phi) is 8.46. The van der Waals surface area contributed by atoms with Gasteiger partial charge in [0.05, 0.1) is 13.2 Å². The van der Waals surface area contributed by atoms with Crippen molar-refractivity contribution in [3.05, 3.63) is 0 Å². The zero-order valence-corrected chi connectivity index (χ0v) is 9.86. The first-order valence-corrected chi connectivity index (χ1v) is 5.23. The van der Waals surface area contributed by atoms with Crippen LogP contribution in [0.15, 0.2) is 0 Å². The number of nitrogens with zero attached hydrogens (tertiary/aromatic N) is 1. The number of hydrogen-bond acceptors (Lipinski definition) is 4. The third-order valence-electron chi connectivity index (χ3n) is 2.00. The van der Waals surface area contributed by atoms with Gasteiger partial charge in [0.2, 0.25) is 11.8 Å². The molecule has 0 radical (unpaired) electrons. The summed E-state index contributed by atoms with van der Waals surface area (Å²) in [6.07, 6.45) is 0.239. The van der Waals surface area contributed by atoms with Crippen LogP contribution in [0.5, 0.6) is 0 Å². The van der Waals surface area contributed by atoms with Gasteiger partial charge in [0.1, 0.15) is 0 Å². The van der Waals surface area contributed by atoms with Crippen molar-refractivity contribution in [2.45, 2.75) is 13.3 Å². The summed E-state index contributed by atoms with van der Waals surface area (Å²) in [6, 6.07) is 0. The highest BCUT2D eigenvalue weighted by molar-refractivity contribution is 5.78. The molecule has 0 saturated heterocycles. The van der Waals surface area contributed by atoms with Crippen LogP contribution < -0.4 is 5.32 Å². The Hall–Kier alpha value is -1.14. The van der Waals surface area contributed by atoms with Gasteiger partial charge in [-0.05, 0) is 0 Å². The summed E-state index contributed by atoms with van der Waals surface area (Å²) in [5.74, 6) is -0.252. The molecule has 0 unspecified atom stereocenters. The van der Waals surface area contributed by atoms with E-state index in [-0.39, 0.29) is 24.8 Å². The molecule has 0 aromatic rings. The Morgan fingerprint density at radius 3 is 2.56 bits per heavy atom. The van der Waals surface area contributed by atoms with Crippen molar-refractivity contribution in [3.8, 4) is 0 Å². The van der Waals surface area contributed by atoms with Crippen LogP contribution in [-0.2, 0) is 14.3 Å². The molecule has 6 heteroatoms. The average Bonchev–Trinajstić information content (AvgIpc) is 2.23. The molecule has 0 aromatic carbocycles. The van der Waals surface area contributed by atoms with E-state index in [4.69, 9.17) is 9.84 Å². The summed E-state index contributed by atoms with van der Waals surface area (Å²) < 4.78 is 4.87. The van der Waals surface area contributed by atoms with Crippen molar-refractivity contribution in [3.63, 3.8) is 0 Å². The molecule has 0 aliphatic carbocycles. The summed E-state index contributed by atoms with van der Waals surface area (Å²) in [5.41, 5.74) is 0. The fourth-order valence-corrected chi connectivity index (χ4v) is 1.19. The van der Waals surface area contributed by atoms with Gasteiger partial charge in [-0.25, -0.2) is 0 Å². The molecular formula is C10H20N2O4. The largest absolute Gasteiger partial charge is 0.395 e. The van der Waals surface area contributed by atoms with Crippen LogP contribution in [0, 0.1) is 0 Å². The molecule has 0 atom stereocenters. The van der Waals surface area contributed by atoms with E-state index in [1.165, 1.54) is 11.8 Å². The SMILES string of the molecule is COCCN(CCO)C(=O)CCNC(C)=O. The molecule has 0 spiro atoms. The highest BCUT2D eigenvalue weighted by atomic mass is 16.5. The second-order valence-corrected chi connectivity index (χ2v) is 3.33. The van der Waals surface area contributed by atoms with Crippen molar-refractivity contribution in [2.75, 3.05) is 40.0 Å². The standard InChI is InChI=1S/C10H20N2O4/c1-9(14)11-4-3-10(15)12(5-7-13)6-8-16-2/h13H,3-8H2,1-2H3,(H,11,14). The molecule has 2 N–H and O–H groups in total. The maximum atomic E-state index is 11.6. The summed E-state index contributed by atoms with van der Waals surface area (Å²) in [5, 5.41) is 11.3. The van der Waals surface area contributed by atoms with Gasteiger partial charge in [0.25, 0.3) is 0 Å². The normalized spacial score (nSPS) is 9.94. The predicted octanol–water partition coefficient (Wildman–Crippen LogP) is -1.02. The Bertz CT molecular complexity index is 221. The summed E-state index contributed by atoms with van der Waals surface area (Å²) >= 11 is 0. The van der Waals surface area contributed by atoms with Crippen LogP contribution in [0.25, 0.3) is 0 Å². The molecule has 0 aromatic heterocycles. The molecule has 94 valence electrons. The zero-order valence-electron chi connectivity index (χ0n) is 9.86. The molecular weight excluding hydrogens is 212 g/mol. The highest BCUT2D eigenvalue weighted by Crippen LogP contribution is 1.93. The molecule has 0 saturated carbocycles. The van der Waals surface area contributed by atoms with E-state index in [1.807, 2.05) is 0 Å². The Morgan fingerprint density at radius 2 is 2.06 bits per heavy atom. The fourth-order valence-electron chi connectivity index (χ4n) is 1.19. The molecule has 0 aliphatic rings. The van der Waals surface area contributed by atoms with Gasteiger partial charge in [-0.3, -0.25) is 9.59 Å². The van der Waals surface area contributed by atoms with Gasteiger partial charge in [-0.15, -0.1) is 0 Å². The number of aliphatic hydroxyl groups excluding tert-OH is 1. The van der Waals surface area contributed by atoms with Gasteiger partial charge >= 0.3 is 0 Å². The number of aliphatic hydroxyl groups is 1. The van der Waals surface area contributed by atoms with Gasteiger partial charge in [0.15, 0.2) is 0 Å². The van der Waals surface area contributed by atoms with Gasteiger partial charge < -0.3 is 20.1 Å². The lowest BCUT2D eigenvalue weighted by Gasteiger charge is -2.21. The number of nitrogens with one attached hydrogen (secondary N) is 1. The van der Waals surface area contributed by atoms with Gasteiger partial charge in [0, 0.05) is 40.1 Å². The van der Waals surface area contributed by atoms with Crippen LogP contribution in [0.4, 0.5) is 0 Å². The quantitative estimate of drug-likeness (QED) is 0.561. The van der Waals surface area contributed by atoms with Gasteiger partial charge in [-0.1, -0.05) is 0 Å². The van der Waals surface area contributed by atoms with Crippen LogP contribution >= 0.6 is 0 Å². The maximum Gasteiger partial charge on any atom is 0.224 e. The summed E-state index contributed by atoms with van der Waals surface area (Å²) in [7, 11) is 1.55. The minimum absolute atomic E-state index is 0.0738. The molecule has 16 heavy (non-hydrogen) atoms. The third-order valence-corrected chi connectivity index (χ3v) is 2.00. The second kappa shape index (κ2) is 9.11. The van der Waals surface area contributed by atoms with E-state index in [0.29, 0.717) is 26.2 Å². The van der Waals surface area contributed by atoms with Crippen molar-refractivity contribution in [1.29, 1.82) is 0 Å². The number of carbonyl (C=O) groups is 2. The van der Waals surface area contributed by atoms with E-state index >= 15 is 0 Å². The molecule has 6 nitrogen and oxygen atoms in total. The molecule has 0 aliphatic heterocycles. The van der Waals surface area contributed by atoms with Crippen LogP contribution in [0.2, 0.25) is 0 Å². The lowest BCUT2D eigenvalue weighted by atomic mass is 10.3. The first kappa shape index (κ1) is 14.9. The number of ether oxygens (including phenoxy) is 1. The van der Waals surface area contributed by atoms with Crippen molar-refractivity contribution in [2.24, 2.45) is 0 Å².